The van der Waals surface area contributed by atoms with E-state index in [1.54, 1.807) is 4.90 Å². The molecule has 0 amide bonds. The minimum atomic E-state index is -4.21. The van der Waals surface area contributed by atoms with Crippen LogP contribution in [-0.4, -0.2) is 35.7 Å². The highest BCUT2D eigenvalue weighted by atomic mass is 19.4. The number of hydrogen-bond donors (Lipinski definition) is 1. The predicted molar refractivity (Wildman–Crippen MR) is 65.2 cm³/mol. The van der Waals surface area contributed by atoms with Gasteiger partial charge in [-0.1, -0.05) is 12.8 Å². The Labute approximate surface area is 107 Å². The number of nitrogens with two attached hydrogens (primary N) is 1. The van der Waals surface area contributed by atoms with Crippen molar-refractivity contribution in [3.63, 3.8) is 0 Å². The zero-order valence-corrected chi connectivity index (χ0v) is 10.9. The first-order valence-electron chi connectivity index (χ1n) is 6.99. The lowest BCUT2D eigenvalue weighted by molar-refractivity contribution is -0.202. The largest absolute Gasteiger partial charge is 0.405 e. The van der Waals surface area contributed by atoms with Gasteiger partial charge in [0.15, 0.2) is 0 Å². The second-order valence-electron chi connectivity index (χ2n) is 5.84. The van der Waals surface area contributed by atoms with Gasteiger partial charge in [-0.2, -0.15) is 13.2 Å². The van der Waals surface area contributed by atoms with Crippen molar-refractivity contribution in [3.05, 3.63) is 0 Å². The average molecular weight is 264 g/mol. The van der Waals surface area contributed by atoms with Crippen LogP contribution >= 0.6 is 0 Å². The Kier molecular flexibility index (Phi) is 4.22. The maximum atomic E-state index is 13.2. The van der Waals surface area contributed by atoms with Gasteiger partial charge in [0.25, 0.3) is 0 Å². The van der Waals surface area contributed by atoms with Crippen molar-refractivity contribution in [2.75, 3.05) is 6.54 Å². The molecule has 0 bridgehead atoms. The summed E-state index contributed by atoms with van der Waals surface area (Å²) in [6.45, 7) is 2.03. The van der Waals surface area contributed by atoms with Crippen molar-refractivity contribution in [1.82, 2.24) is 4.90 Å². The molecule has 1 heterocycles. The minimum Gasteiger partial charge on any atom is -0.326 e. The van der Waals surface area contributed by atoms with E-state index in [0.717, 1.165) is 32.1 Å². The molecular weight excluding hydrogens is 241 g/mol. The molecule has 0 aromatic carbocycles. The number of alkyl halides is 3. The van der Waals surface area contributed by atoms with Crippen molar-refractivity contribution in [3.8, 4) is 0 Å². The summed E-state index contributed by atoms with van der Waals surface area (Å²) < 4.78 is 39.6. The summed E-state index contributed by atoms with van der Waals surface area (Å²) in [5, 5.41) is 0. The summed E-state index contributed by atoms with van der Waals surface area (Å²) in [4.78, 5) is 1.66. The Morgan fingerprint density at radius 3 is 2.33 bits per heavy atom. The van der Waals surface area contributed by atoms with E-state index in [4.69, 9.17) is 5.73 Å². The number of nitrogens with zero attached hydrogens (tertiary/aromatic N) is 1. The number of likely N-dealkylation sites (tertiary alicyclic amines) is 1. The number of piperidine rings is 1. The van der Waals surface area contributed by atoms with Gasteiger partial charge in [0, 0.05) is 12.1 Å². The SMILES string of the molecule is CC(N)C(N1CCCC2CCCCC21)C(F)(F)F. The minimum absolute atomic E-state index is 0.102. The molecule has 4 atom stereocenters. The van der Waals surface area contributed by atoms with Crippen LogP contribution in [0.5, 0.6) is 0 Å². The van der Waals surface area contributed by atoms with Crippen molar-refractivity contribution < 1.29 is 13.2 Å². The zero-order valence-electron chi connectivity index (χ0n) is 10.9. The lowest BCUT2D eigenvalue weighted by Crippen LogP contribution is -2.61. The fraction of sp³-hybridized carbons (Fsp3) is 1.00. The quantitative estimate of drug-likeness (QED) is 0.831. The highest BCUT2D eigenvalue weighted by Crippen LogP contribution is 2.39. The van der Waals surface area contributed by atoms with Crippen molar-refractivity contribution in [2.45, 2.75) is 69.8 Å². The summed E-state index contributed by atoms with van der Waals surface area (Å²) >= 11 is 0. The van der Waals surface area contributed by atoms with Crippen LogP contribution < -0.4 is 5.73 Å². The fourth-order valence-electron chi connectivity index (χ4n) is 3.80. The summed E-state index contributed by atoms with van der Waals surface area (Å²) in [5.41, 5.74) is 5.61. The third-order valence-corrected chi connectivity index (χ3v) is 4.48. The van der Waals surface area contributed by atoms with Crippen LogP contribution in [-0.2, 0) is 0 Å². The van der Waals surface area contributed by atoms with Crippen LogP contribution in [0.15, 0.2) is 0 Å². The van der Waals surface area contributed by atoms with Crippen LogP contribution in [0.4, 0.5) is 13.2 Å². The summed E-state index contributed by atoms with van der Waals surface area (Å²) in [6.07, 6.45) is 1.97. The molecule has 0 aromatic heterocycles. The smallest absolute Gasteiger partial charge is 0.326 e. The van der Waals surface area contributed by atoms with E-state index in [9.17, 15) is 13.2 Å². The molecule has 1 saturated carbocycles. The van der Waals surface area contributed by atoms with Crippen LogP contribution in [0.1, 0.15) is 45.4 Å². The molecule has 0 radical (unpaired) electrons. The molecule has 0 aromatic rings. The summed E-state index contributed by atoms with van der Waals surface area (Å²) in [7, 11) is 0. The van der Waals surface area contributed by atoms with E-state index >= 15 is 0 Å². The molecule has 2 fully saturated rings. The Bertz CT molecular complexity index is 276. The van der Waals surface area contributed by atoms with Gasteiger partial charge in [0.1, 0.15) is 6.04 Å². The molecule has 106 valence electrons. The average Bonchev–Trinajstić information content (AvgIpc) is 2.27. The van der Waals surface area contributed by atoms with E-state index in [0.29, 0.717) is 12.5 Å². The van der Waals surface area contributed by atoms with E-state index < -0.39 is 18.3 Å². The Hall–Kier alpha value is -0.290. The molecule has 2 N–H and O–H groups in total. The van der Waals surface area contributed by atoms with E-state index in [1.807, 2.05) is 0 Å². The first-order chi connectivity index (χ1) is 8.41. The highest BCUT2D eigenvalue weighted by molar-refractivity contribution is 4.95. The Balaban J connectivity index is 2.17. The molecular formula is C13H23F3N2. The fourth-order valence-corrected chi connectivity index (χ4v) is 3.80. The van der Waals surface area contributed by atoms with Gasteiger partial charge >= 0.3 is 6.18 Å². The van der Waals surface area contributed by atoms with Gasteiger partial charge in [-0.05, 0) is 45.1 Å². The Morgan fingerprint density at radius 2 is 1.72 bits per heavy atom. The number of hydrogen-bond acceptors (Lipinski definition) is 2. The zero-order chi connectivity index (χ0) is 13.3. The topological polar surface area (TPSA) is 29.3 Å². The molecule has 1 aliphatic heterocycles. The predicted octanol–water partition coefficient (Wildman–Crippen LogP) is 2.92. The van der Waals surface area contributed by atoms with Gasteiger partial charge in [0.05, 0.1) is 0 Å². The first-order valence-corrected chi connectivity index (χ1v) is 6.99. The maximum absolute atomic E-state index is 13.2. The molecule has 2 rings (SSSR count). The highest BCUT2D eigenvalue weighted by Gasteiger charge is 2.49. The van der Waals surface area contributed by atoms with Gasteiger partial charge in [-0.25, -0.2) is 0 Å². The molecule has 2 nitrogen and oxygen atoms in total. The van der Waals surface area contributed by atoms with Gasteiger partial charge < -0.3 is 5.73 Å². The van der Waals surface area contributed by atoms with E-state index in [2.05, 4.69) is 0 Å². The molecule has 4 unspecified atom stereocenters. The number of rotatable bonds is 2. The van der Waals surface area contributed by atoms with Crippen LogP contribution in [0, 0.1) is 5.92 Å². The van der Waals surface area contributed by atoms with E-state index in [-0.39, 0.29) is 6.04 Å². The molecule has 1 saturated heterocycles. The van der Waals surface area contributed by atoms with Crippen LogP contribution in [0.2, 0.25) is 0 Å². The number of halogens is 3. The normalized spacial score (nSPS) is 33.8. The third-order valence-electron chi connectivity index (χ3n) is 4.48. The van der Waals surface area contributed by atoms with E-state index in [1.165, 1.54) is 13.3 Å². The van der Waals surface area contributed by atoms with Crippen LogP contribution in [0.3, 0.4) is 0 Å². The molecule has 2 aliphatic rings. The number of fused-ring (bicyclic) bond motifs is 1. The monoisotopic (exact) mass is 264 g/mol. The van der Waals surface area contributed by atoms with Crippen molar-refractivity contribution in [1.29, 1.82) is 0 Å². The molecule has 1 aliphatic carbocycles. The third kappa shape index (κ3) is 2.82. The Morgan fingerprint density at radius 1 is 1.11 bits per heavy atom. The van der Waals surface area contributed by atoms with Gasteiger partial charge in [-0.3, -0.25) is 4.90 Å². The molecule has 0 spiro atoms. The van der Waals surface area contributed by atoms with Gasteiger partial charge in [-0.15, -0.1) is 0 Å². The standard InChI is InChI=1S/C13H23F3N2/c1-9(17)12(13(14,15)16)18-8-4-6-10-5-2-3-7-11(10)18/h9-12H,2-8,17H2,1H3. The summed E-state index contributed by atoms with van der Waals surface area (Å²) in [6, 6.07) is -2.22. The lowest BCUT2D eigenvalue weighted by Gasteiger charge is -2.48. The first kappa shape index (κ1) is 14.1. The van der Waals surface area contributed by atoms with Crippen LogP contribution in [0.25, 0.3) is 0 Å². The maximum Gasteiger partial charge on any atom is 0.405 e. The molecule has 18 heavy (non-hydrogen) atoms. The molecule has 5 heteroatoms. The second-order valence-corrected chi connectivity index (χ2v) is 5.84. The second kappa shape index (κ2) is 5.37. The van der Waals surface area contributed by atoms with Gasteiger partial charge in [0.2, 0.25) is 0 Å². The lowest BCUT2D eigenvalue weighted by atomic mass is 9.77. The van der Waals surface area contributed by atoms with Crippen molar-refractivity contribution in [2.24, 2.45) is 11.7 Å². The summed E-state index contributed by atoms with van der Waals surface area (Å²) in [5.74, 6) is 0.455. The van der Waals surface area contributed by atoms with Crippen molar-refractivity contribution >= 4 is 0 Å².